The quantitative estimate of drug-likeness (QED) is 0.436. The number of unbranched alkanes of at least 4 members (excludes halogenated alkanes) is 6. The van der Waals surface area contributed by atoms with Gasteiger partial charge in [-0.05, 0) is 12.8 Å². The first-order valence-electron chi connectivity index (χ1n) is 5.56. The van der Waals surface area contributed by atoms with Gasteiger partial charge < -0.3 is 10.2 Å². The predicted molar refractivity (Wildman–Crippen MR) is 56.8 cm³/mol. The van der Waals surface area contributed by atoms with Crippen molar-refractivity contribution in [3.8, 4) is 0 Å². The second kappa shape index (κ2) is 9.49. The van der Waals surface area contributed by atoms with Crippen molar-refractivity contribution in [1.82, 2.24) is 0 Å². The van der Waals surface area contributed by atoms with Crippen molar-refractivity contribution in [3.63, 3.8) is 0 Å². The van der Waals surface area contributed by atoms with Crippen LogP contribution in [0.5, 0.6) is 0 Å². The lowest BCUT2D eigenvalue weighted by atomic mass is 10.2. The normalized spacial score (nSPS) is 10.1. The minimum atomic E-state index is -0.726. The van der Waals surface area contributed by atoms with Gasteiger partial charge in [-0.3, -0.25) is 9.59 Å². The lowest BCUT2D eigenvalue weighted by Gasteiger charge is -1.99. The van der Waals surface area contributed by atoms with Crippen molar-refractivity contribution in [1.29, 1.82) is 0 Å². The molecule has 0 radical (unpaired) electrons. The Bertz CT molecular complexity index is 169. The Labute approximate surface area is 90.3 Å². The maximum absolute atomic E-state index is 10.2. The third kappa shape index (κ3) is 12.9. The highest BCUT2D eigenvalue weighted by atomic mass is 16.4. The number of hydrogen-bond donors (Lipinski definition) is 2. The molecule has 4 nitrogen and oxygen atoms in total. The zero-order valence-corrected chi connectivity index (χ0v) is 9.07. The van der Waals surface area contributed by atoms with Crippen molar-refractivity contribution in [2.45, 2.75) is 57.8 Å². The topological polar surface area (TPSA) is 74.6 Å². The van der Waals surface area contributed by atoms with Crippen molar-refractivity contribution >= 4 is 11.9 Å². The molecule has 0 heterocycles. The van der Waals surface area contributed by atoms with Crippen LogP contribution >= 0.6 is 0 Å². The second-order valence-corrected chi connectivity index (χ2v) is 3.76. The molecule has 0 spiro atoms. The Hall–Kier alpha value is -1.06. The number of rotatable bonds is 10. The standard InChI is InChI=1S/C11H20O4/c12-10(13)8-6-4-2-1-3-5-7-9-11(14)15/h1-9H2,(H,12,13)(H,14,15)/i2+1,5+1. The van der Waals surface area contributed by atoms with E-state index in [2.05, 4.69) is 0 Å². The zero-order valence-electron chi connectivity index (χ0n) is 9.07. The van der Waals surface area contributed by atoms with E-state index in [9.17, 15) is 9.59 Å². The average Bonchev–Trinajstić information content (AvgIpc) is 2.14. The fraction of sp³-hybridized carbons (Fsp3) is 0.818. The highest BCUT2D eigenvalue weighted by Crippen LogP contribution is 2.09. The van der Waals surface area contributed by atoms with Crippen LogP contribution < -0.4 is 0 Å². The summed E-state index contributed by atoms with van der Waals surface area (Å²) < 4.78 is 0. The molecule has 0 bridgehead atoms. The maximum atomic E-state index is 10.2. The van der Waals surface area contributed by atoms with E-state index in [0.717, 1.165) is 44.9 Å². The minimum absolute atomic E-state index is 0.263. The molecule has 88 valence electrons. The SMILES string of the molecule is O=C(O)CCC[13CH2]CC[13CH2]CCC(=O)O. The molecule has 0 aromatic rings. The van der Waals surface area contributed by atoms with E-state index < -0.39 is 11.9 Å². The van der Waals surface area contributed by atoms with Crippen LogP contribution in [0.15, 0.2) is 0 Å². The van der Waals surface area contributed by atoms with Crippen molar-refractivity contribution < 1.29 is 19.8 Å². The van der Waals surface area contributed by atoms with Gasteiger partial charge in [-0.2, -0.15) is 0 Å². The van der Waals surface area contributed by atoms with E-state index in [1.54, 1.807) is 0 Å². The Kier molecular flexibility index (Phi) is 8.82. The van der Waals surface area contributed by atoms with Gasteiger partial charge >= 0.3 is 11.9 Å². The third-order valence-electron chi connectivity index (χ3n) is 2.28. The van der Waals surface area contributed by atoms with Crippen molar-refractivity contribution in [3.05, 3.63) is 0 Å². The number of carboxylic acid groups (broad SMARTS) is 2. The van der Waals surface area contributed by atoms with E-state index >= 15 is 0 Å². The summed E-state index contributed by atoms with van der Waals surface area (Å²) in [5, 5.41) is 16.8. The Morgan fingerprint density at radius 3 is 1.13 bits per heavy atom. The first-order valence-corrected chi connectivity index (χ1v) is 5.56. The Morgan fingerprint density at radius 1 is 0.600 bits per heavy atom. The molecule has 0 aromatic carbocycles. The fourth-order valence-corrected chi connectivity index (χ4v) is 1.44. The van der Waals surface area contributed by atoms with Crippen LogP contribution in [0, 0.1) is 0 Å². The second-order valence-electron chi connectivity index (χ2n) is 3.76. The van der Waals surface area contributed by atoms with Gasteiger partial charge in [0, 0.05) is 12.8 Å². The van der Waals surface area contributed by atoms with E-state index in [0.29, 0.717) is 0 Å². The van der Waals surface area contributed by atoms with Crippen LogP contribution in [0.4, 0.5) is 0 Å². The van der Waals surface area contributed by atoms with E-state index in [4.69, 9.17) is 10.2 Å². The van der Waals surface area contributed by atoms with Gasteiger partial charge in [0.25, 0.3) is 0 Å². The van der Waals surface area contributed by atoms with Crippen molar-refractivity contribution in [2.24, 2.45) is 0 Å². The molecule has 0 aliphatic rings. The highest BCUT2D eigenvalue weighted by molar-refractivity contribution is 5.66. The van der Waals surface area contributed by atoms with Gasteiger partial charge in [-0.1, -0.05) is 32.1 Å². The summed E-state index contributed by atoms with van der Waals surface area (Å²) in [5.41, 5.74) is 0. The molecular weight excluding hydrogens is 198 g/mol. The van der Waals surface area contributed by atoms with Gasteiger partial charge in [0.15, 0.2) is 0 Å². The molecular formula is C11H20O4. The van der Waals surface area contributed by atoms with E-state index in [1.807, 2.05) is 0 Å². The molecule has 0 aromatic heterocycles. The van der Waals surface area contributed by atoms with Gasteiger partial charge in [0.05, 0.1) is 0 Å². The van der Waals surface area contributed by atoms with Crippen LogP contribution in [0.1, 0.15) is 57.8 Å². The van der Waals surface area contributed by atoms with E-state index in [1.165, 1.54) is 0 Å². The molecule has 0 unspecified atom stereocenters. The predicted octanol–water partition coefficient (Wildman–Crippen LogP) is 2.67. The summed E-state index contributed by atoms with van der Waals surface area (Å²) in [5.74, 6) is -1.45. The summed E-state index contributed by atoms with van der Waals surface area (Å²) in [4.78, 5) is 20.4. The van der Waals surface area contributed by atoms with E-state index in [-0.39, 0.29) is 12.8 Å². The molecule has 0 fully saturated rings. The molecule has 4 heteroatoms. The highest BCUT2D eigenvalue weighted by Gasteiger charge is 1.98. The Balaban J connectivity index is 2.99. The average molecular weight is 218 g/mol. The first-order chi connectivity index (χ1) is 7.13. The molecule has 0 rings (SSSR count). The van der Waals surface area contributed by atoms with Gasteiger partial charge in [-0.25, -0.2) is 0 Å². The summed E-state index contributed by atoms with van der Waals surface area (Å²) >= 11 is 0. The lowest BCUT2D eigenvalue weighted by Crippen LogP contribution is -1.94. The van der Waals surface area contributed by atoms with Crippen LogP contribution in [0.25, 0.3) is 0 Å². The Morgan fingerprint density at radius 2 is 0.867 bits per heavy atom. The lowest BCUT2D eigenvalue weighted by molar-refractivity contribution is -0.138. The maximum Gasteiger partial charge on any atom is 0.303 e. The summed E-state index contributed by atoms with van der Waals surface area (Å²) in [6.07, 6.45) is 7.16. The van der Waals surface area contributed by atoms with Crippen LogP contribution in [-0.4, -0.2) is 22.2 Å². The fourth-order valence-electron chi connectivity index (χ4n) is 1.44. The molecule has 2 N–H and O–H groups in total. The molecule has 0 saturated carbocycles. The molecule has 0 atom stereocenters. The van der Waals surface area contributed by atoms with Crippen LogP contribution in [0.3, 0.4) is 0 Å². The van der Waals surface area contributed by atoms with Gasteiger partial charge in [0.2, 0.25) is 0 Å². The first kappa shape index (κ1) is 13.9. The smallest absolute Gasteiger partial charge is 0.303 e. The van der Waals surface area contributed by atoms with Crippen LogP contribution in [-0.2, 0) is 9.59 Å². The monoisotopic (exact) mass is 218 g/mol. The number of carbonyl (C=O) groups is 2. The molecule has 0 saturated heterocycles. The summed E-state index contributed by atoms with van der Waals surface area (Å²) in [6.45, 7) is 0. The van der Waals surface area contributed by atoms with Crippen molar-refractivity contribution in [2.75, 3.05) is 0 Å². The summed E-state index contributed by atoms with van der Waals surface area (Å²) in [6, 6.07) is 0. The zero-order chi connectivity index (χ0) is 11.5. The number of carboxylic acids is 2. The van der Waals surface area contributed by atoms with Gasteiger partial charge in [-0.15, -0.1) is 0 Å². The number of aliphatic carboxylic acids is 2. The largest absolute Gasteiger partial charge is 0.481 e. The van der Waals surface area contributed by atoms with Gasteiger partial charge in [0.1, 0.15) is 0 Å². The minimum Gasteiger partial charge on any atom is -0.481 e. The number of hydrogen-bond acceptors (Lipinski definition) is 2. The molecule has 15 heavy (non-hydrogen) atoms. The van der Waals surface area contributed by atoms with Crippen LogP contribution in [0.2, 0.25) is 0 Å². The molecule has 0 aliphatic heterocycles. The summed E-state index contributed by atoms with van der Waals surface area (Å²) in [7, 11) is 0. The molecule has 0 aliphatic carbocycles. The third-order valence-corrected chi connectivity index (χ3v) is 2.28. The molecule has 0 amide bonds.